The van der Waals surface area contributed by atoms with Crippen molar-refractivity contribution in [1.82, 2.24) is 0 Å². The number of allylic oxidation sites excluding steroid dienone is 4. The van der Waals surface area contributed by atoms with Crippen LogP contribution >= 0.6 is 0 Å². The fraction of sp³-hybridized carbons (Fsp3) is 0.724. The van der Waals surface area contributed by atoms with Crippen LogP contribution in [0, 0.1) is 22.7 Å². The molecule has 7 atom stereocenters. The summed E-state index contributed by atoms with van der Waals surface area (Å²) in [6.45, 7) is 3.91. The fourth-order valence-electron chi connectivity index (χ4n) is 7.96. The summed E-state index contributed by atoms with van der Waals surface area (Å²) in [5.41, 5.74) is -6.66. The summed E-state index contributed by atoms with van der Waals surface area (Å²) < 4.78 is 79.6. The van der Waals surface area contributed by atoms with Gasteiger partial charge in [0, 0.05) is 30.3 Å². The molecule has 0 bridgehead atoms. The van der Waals surface area contributed by atoms with Crippen molar-refractivity contribution in [3.8, 4) is 0 Å². The van der Waals surface area contributed by atoms with Gasteiger partial charge in [0.15, 0.2) is 18.1 Å². The molecule has 228 valence electrons. The van der Waals surface area contributed by atoms with Crippen LogP contribution in [-0.4, -0.2) is 67.6 Å². The normalized spacial score (nSPS) is 37.9. The molecule has 8 nitrogen and oxygen atoms in total. The van der Waals surface area contributed by atoms with Gasteiger partial charge in [-0.1, -0.05) is 25.5 Å². The zero-order chi connectivity index (χ0) is 30.4. The van der Waals surface area contributed by atoms with Crippen LogP contribution in [0.1, 0.15) is 65.7 Å². The minimum Gasteiger partial charge on any atom is -0.458 e. The van der Waals surface area contributed by atoms with E-state index in [9.17, 15) is 32.3 Å². The molecule has 1 unspecified atom stereocenters. The highest BCUT2D eigenvalue weighted by Gasteiger charge is 2.76. The Bertz CT molecular complexity index is 1160. The number of alkyl halides is 4. The van der Waals surface area contributed by atoms with E-state index in [1.54, 1.807) is 13.8 Å². The molecule has 4 aliphatic rings. The van der Waals surface area contributed by atoms with Gasteiger partial charge in [0.1, 0.15) is 18.5 Å². The molecule has 3 saturated carbocycles. The van der Waals surface area contributed by atoms with E-state index in [1.165, 1.54) is 32.3 Å². The van der Waals surface area contributed by atoms with E-state index >= 15 is 4.39 Å². The number of Topliss-reactive ketones (excluding diaryl/α,β-unsaturated/α-hetero) is 1. The number of fused-ring (bicyclic) bond motifs is 5. The van der Waals surface area contributed by atoms with Crippen LogP contribution in [0.15, 0.2) is 23.8 Å². The fourth-order valence-corrected chi connectivity index (χ4v) is 7.96. The first-order valence-corrected chi connectivity index (χ1v) is 13.8. The molecular weight excluding hydrogens is 552 g/mol. The second kappa shape index (κ2) is 10.9. The van der Waals surface area contributed by atoms with Crippen molar-refractivity contribution in [3.63, 3.8) is 0 Å². The third-order valence-electron chi connectivity index (χ3n) is 9.91. The van der Waals surface area contributed by atoms with Crippen LogP contribution in [0.5, 0.6) is 0 Å². The first-order valence-electron chi connectivity index (χ1n) is 13.8. The van der Waals surface area contributed by atoms with Crippen LogP contribution in [-0.2, 0) is 38.1 Å². The molecule has 0 saturated heterocycles. The summed E-state index contributed by atoms with van der Waals surface area (Å²) in [7, 11) is 1.34. The molecule has 0 amide bonds. The predicted octanol–water partition coefficient (Wildman–Crippen LogP) is 4.74. The van der Waals surface area contributed by atoms with Gasteiger partial charge in [0.25, 0.3) is 0 Å². The van der Waals surface area contributed by atoms with E-state index in [-0.39, 0.29) is 38.3 Å². The number of hydrogen-bond donors (Lipinski definition) is 0. The molecule has 0 aromatic heterocycles. The second-order valence-electron chi connectivity index (χ2n) is 11.9. The number of esters is 2. The molecule has 4 rings (SSSR count). The lowest BCUT2D eigenvalue weighted by Crippen LogP contribution is -2.70. The van der Waals surface area contributed by atoms with Gasteiger partial charge in [-0.05, 0) is 63.5 Å². The lowest BCUT2D eigenvalue weighted by molar-refractivity contribution is -0.257. The van der Waals surface area contributed by atoms with Crippen LogP contribution in [0.4, 0.5) is 17.6 Å². The topological polar surface area (TPSA) is 105 Å². The SMILES string of the molecule is CCCC(=O)OCC(=O)[C@@]1(OCOC)CC[C@H]2[C@@H]3CCC4=CC(=O)C=C[C@]4(C)[C@@]3(F)C(OC(=O)C(F)(F)F)C[C@@]21C. The molecule has 0 spiro atoms. The lowest BCUT2D eigenvalue weighted by Gasteiger charge is -2.63. The summed E-state index contributed by atoms with van der Waals surface area (Å²) >= 11 is 0. The average Bonchev–Trinajstić information content (AvgIpc) is 3.19. The summed E-state index contributed by atoms with van der Waals surface area (Å²) in [6.07, 6.45) is -2.58. The average molecular weight is 589 g/mol. The third kappa shape index (κ3) is 4.84. The predicted molar refractivity (Wildman–Crippen MR) is 135 cm³/mol. The highest BCUT2D eigenvalue weighted by atomic mass is 19.4. The van der Waals surface area contributed by atoms with Crippen LogP contribution in [0.25, 0.3) is 0 Å². The van der Waals surface area contributed by atoms with Crippen molar-refractivity contribution in [2.75, 3.05) is 20.5 Å². The zero-order valence-corrected chi connectivity index (χ0v) is 23.6. The van der Waals surface area contributed by atoms with Gasteiger partial charge >= 0.3 is 18.1 Å². The first-order chi connectivity index (χ1) is 19.1. The highest BCUT2D eigenvalue weighted by Crippen LogP contribution is 2.71. The van der Waals surface area contributed by atoms with Crippen molar-refractivity contribution >= 4 is 23.5 Å². The molecule has 4 aliphatic carbocycles. The van der Waals surface area contributed by atoms with E-state index in [1.807, 2.05) is 0 Å². The maximum absolute atomic E-state index is 17.9. The number of ketones is 2. The molecule has 0 heterocycles. The smallest absolute Gasteiger partial charge is 0.458 e. The monoisotopic (exact) mass is 588 g/mol. The van der Waals surface area contributed by atoms with Crippen molar-refractivity contribution < 1.29 is 55.7 Å². The molecular formula is C29H36F4O8. The van der Waals surface area contributed by atoms with E-state index in [0.717, 1.165) is 0 Å². The van der Waals surface area contributed by atoms with E-state index < -0.39 is 77.0 Å². The number of hydrogen-bond acceptors (Lipinski definition) is 8. The van der Waals surface area contributed by atoms with Gasteiger partial charge < -0.3 is 18.9 Å². The number of carbonyl (C=O) groups is 4. The molecule has 0 aromatic carbocycles. The van der Waals surface area contributed by atoms with Gasteiger partial charge in [-0.2, -0.15) is 13.2 Å². The van der Waals surface area contributed by atoms with Gasteiger partial charge in [0.2, 0.25) is 5.78 Å². The molecule has 0 aromatic rings. The van der Waals surface area contributed by atoms with E-state index in [2.05, 4.69) is 0 Å². The van der Waals surface area contributed by atoms with Crippen LogP contribution < -0.4 is 0 Å². The number of methoxy groups -OCH3 is 1. The Hall–Kier alpha value is -2.60. The van der Waals surface area contributed by atoms with Gasteiger partial charge in [0.05, 0.1) is 0 Å². The number of carbonyl (C=O) groups excluding carboxylic acids is 4. The Morgan fingerprint density at radius 3 is 2.46 bits per heavy atom. The Balaban J connectivity index is 1.81. The number of ether oxygens (including phenoxy) is 4. The second-order valence-corrected chi connectivity index (χ2v) is 11.9. The molecule has 12 heteroatoms. The quantitative estimate of drug-likeness (QED) is 0.216. The number of rotatable bonds is 9. The molecule has 41 heavy (non-hydrogen) atoms. The standard InChI is InChI=1S/C29H36F4O8/c1-5-6-23(36)39-15-21(35)27(40-16-38-4)12-10-19-20-8-7-17-13-18(34)9-11-25(17,2)28(20,30)22(14-26(19,27)3)41-24(37)29(31,32)33/h9,11,13,19-20,22H,5-8,10,12,14-16H2,1-4H3/t19-,20-,22?,25-,26-,27-,28-/m0/s1. The molecule has 0 N–H and O–H groups in total. The Morgan fingerprint density at radius 1 is 1.12 bits per heavy atom. The third-order valence-corrected chi connectivity index (χ3v) is 9.91. The minimum atomic E-state index is -5.39. The van der Waals surface area contributed by atoms with Crippen molar-refractivity contribution in [3.05, 3.63) is 23.8 Å². The van der Waals surface area contributed by atoms with Gasteiger partial charge in [-0.3, -0.25) is 14.4 Å². The largest absolute Gasteiger partial charge is 0.490 e. The summed E-state index contributed by atoms with van der Waals surface area (Å²) in [6, 6.07) is 0. The van der Waals surface area contributed by atoms with Gasteiger partial charge in [-0.25, -0.2) is 9.18 Å². The summed E-state index contributed by atoms with van der Waals surface area (Å²) in [5.74, 6) is -5.65. The van der Waals surface area contributed by atoms with Crippen LogP contribution in [0.3, 0.4) is 0 Å². The molecule has 3 fully saturated rings. The van der Waals surface area contributed by atoms with Gasteiger partial charge in [-0.15, -0.1) is 0 Å². The van der Waals surface area contributed by atoms with Crippen molar-refractivity contribution in [2.45, 2.75) is 89.3 Å². The Kier molecular flexibility index (Phi) is 8.34. The lowest BCUT2D eigenvalue weighted by atomic mass is 9.44. The highest BCUT2D eigenvalue weighted by molar-refractivity contribution is 6.01. The maximum Gasteiger partial charge on any atom is 0.490 e. The Labute approximate surface area is 235 Å². The van der Waals surface area contributed by atoms with E-state index in [0.29, 0.717) is 18.4 Å². The van der Waals surface area contributed by atoms with Crippen LogP contribution in [0.2, 0.25) is 0 Å². The van der Waals surface area contributed by atoms with Crippen molar-refractivity contribution in [2.24, 2.45) is 22.7 Å². The minimum absolute atomic E-state index is 0.0714. The van der Waals surface area contributed by atoms with E-state index in [4.69, 9.17) is 18.9 Å². The first kappa shape index (κ1) is 31.3. The maximum atomic E-state index is 17.9. The zero-order valence-electron chi connectivity index (χ0n) is 23.6. The summed E-state index contributed by atoms with van der Waals surface area (Å²) in [5, 5.41) is 0. The summed E-state index contributed by atoms with van der Waals surface area (Å²) in [4.78, 5) is 50.2. The number of halogens is 4. The van der Waals surface area contributed by atoms with Crippen molar-refractivity contribution in [1.29, 1.82) is 0 Å². The molecule has 0 radical (unpaired) electrons. The Morgan fingerprint density at radius 2 is 1.83 bits per heavy atom. The molecule has 0 aliphatic heterocycles.